The first-order valence-electron chi connectivity index (χ1n) is 7.30. The van der Waals surface area contributed by atoms with Gasteiger partial charge in [0.05, 0.1) is 5.52 Å². The summed E-state index contributed by atoms with van der Waals surface area (Å²) < 4.78 is 0. The number of aromatic nitrogens is 1. The highest BCUT2D eigenvalue weighted by Gasteiger charge is 2.36. The number of pyridine rings is 1. The summed E-state index contributed by atoms with van der Waals surface area (Å²) in [5.41, 5.74) is 2.88. The predicted octanol–water partition coefficient (Wildman–Crippen LogP) is 3.65. The van der Waals surface area contributed by atoms with E-state index in [1.807, 2.05) is 12.3 Å². The minimum absolute atomic E-state index is 0.316. The van der Waals surface area contributed by atoms with E-state index in [9.17, 15) is 0 Å². The van der Waals surface area contributed by atoms with Gasteiger partial charge in [-0.15, -0.1) is 0 Å². The third-order valence-corrected chi connectivity index (χ3v) is 4.53. The van der Waals surface area contributed by atoms with Gasteiger partial charge in [-0.2, -0.15) is 0 Å². The van der Waals surface area contributed by atoms with E-state index in [2.05, 4.69) is 48.4 Å². The Bertz CT molecular complexity index is 578. The molecule has 19 heavy (non-hydrogen) atoms. The second-order valence-corrected chi connectivity index (χ2v) is 5.97. The van der Waals surface area contributed by atoms with E-state index in [1.54, 1.807) is 0 Å². The molecular formula is C17H22N2. The van der Waals surface area contributed by atoms with Gasteiger partial charge in [0.25, 0.3) is 0 Å². The van der Waals surface area contributed by atoms with Gasteiger partial charge in [-0.05, 0) is 55.0 Å². The van der Waals surface area contributed by atoms with Crippen LogP contribution >= 0.6 is 0 Å². The van der Waals surface area contributed by atoms with Crippen LogP contribution in [0, 0.1) is 0 Å². The summed E-state index contributed by atoms with van der Waals surface area (Å²) in [4.78, 5) is 4.40. The highest BCUT2D eigenvalue weighted by atomic mass is 14.9. The van der Waals surface area contributed by atoms with Gasteiger partial charge in [0.1, 0.15) is 0 Å². The molecule has 2 aromatic rings. The van der Waals surface area contributed by atoms with E-state index in [-0.39, 0.29) is 0 Å². The zero-order valence-corrected chi connectivity index (χ0v) is 11.8. The van der Waals surface area contributed by atoms with Gasteiger partial charge >= 0.3 is 0 Å². The van der Waals surface area contributed by atoms with Crippen LogP contribution in [-0.2, 0) is 5.41 Å². The van der Waals surface area contributed by atoms with Crippen molar-refractivity contribution in [1.29, 1.82) is 0 Å². The Morgan fingerprint density at radius 3 is 3.11 bits per heavy atom. The normalized spacial score (nSPS) is 26.9. The Hall–Kier alpha value is -1.41. The second kappa shape index (κ2) is 4.93. The topological polar surface area (TPSA) is 24.9 Å². The lowest BCUT2D eigenvalue weighted by molar-refractivity contribution is 0.458. The zero-order valence-electron chi connectivity index (χ0n) is 11.8. The van der Waals surface area contributed by atoms with Crippen molar-refractivity contribution in [2.24, 2.45) is 0 Å². The molecule has 3 rings (SSSR count). The molecule has 1 heterocycles. The van der Waals surface area contributed by atoms with Crippen LogP contribution in [0.2, 0.25) is 0 Å². The Morgan fingerprint density at radius 1 is 1.37 bits per heavy atom. The van der Waals surface area contributed by atoms with Crippen LogP contribution in [0.5, 0.6) is 0 Å². The van der Waals surface area contributed by atoms with Gasteiger partial charge in [-0.1, -0.05) is 26.0 Å². The molecule has 2 atom stereocenters. The van der Waals surface area contributed by atoms with Crippen molar-refractivity contribution in [3.05, 3.63) is 42.1 Å². The van der Waals surface area contributed by atoms with Crippen LogP contribution in [0.4, 0.5) is 0 Å². The third kappa shape index (κ3) is 2.37. The molecule has 2 heteroatoms. The summed E-state index contributed by atoms with van der Waals surface area (Å²) in [5, 5.41) is 4.85. The molecular weight excluding hydrogens is 232 g/mol. The molecule has 100 valence electrons. The molecule has 0 aliphatic heterocycles. The lowest BCUT2D eigenvalue weighted by Crippen LogP contribution is -2.28. The lowest BCUT2D eigenvalue weighted by Gasteiger charge is -2.25. The third-order valence-electron chi connectivity index (χ3n) is 4.53. The quantitative estimate of drug-likeness (QED) is 0.904. The van der Waals surface area contributed by atoms with Crippen LogP contribution in [0.15, 0.2) is 36.5 Å². The fraction of sp³-hybridized carbons (Fsp3) is 0.471. The maximum Gasteiger partial charge on any atom is 0.0702 e. The van der Waals surface area contributed by atoms with Gasteiger partial charge in [-0.3, -0.25) is 4.98 Å². The molecule has 1 aromatic carbocycles. The standard InChI is InChI=1S/C17H22N2/c1-3-18-15-8-9-17(2,12-15)14-6-7-16-13(11-14)5-4-10-19-16/h4-7,10-11,15,18H,3,8-9,12H2,1-2H3. The number of nitrogens with one attached hydrogen (secondary N) is 1. The minimum atomic E-state index is 0.316. The van der Waals surface area contributed by atoms with E-state index < -0.39 is 0 Å². The highest BCUT2D eigenvalue weighted by molar-refractivity contribution is 5.79. The number of rotatable bonds is 3. The van der Waals surface area contributed by atoms with Crippen molar-refractivity contribution in [3.8, 4) is 0 Å². The molecule has 0 amide bonds. The van der Waals surface area contributed by atoms with Crippen molar-refractivity contribution in [2.75, 3.05) is 6.54 Å². The van der Waals surface area contributed by atoms with Crippen LogP contribution in [0.1, 0.15) is 38.7 Å². The van der Waals surface area contributed by atoms with E-state index in [0.717, 1.165) is 12.1 Å². The molecule has 2 nitrogen and oxygen atoms in total. The van der Waals surface area contributed by atoms with Crippen LogP contribution in [-0.4, -0.2) is 17.6 Å². The molecule has 1 aromatic heterocycles. The average Bonchev–Trinajstić information content (AvgIpc) is 2.82. The van der Waals surface area contributed by atoms with Gasteiger partial charge < -0.3 is 5.32 Å². The molecule has 1 aliphatic carbocycles. The number of benzene rings is 1. The van der Waals surface area contributed by atoms with Gasteiger partial charge in [0.2, 0.25) is 0 Å². The van der Waals surface area contributed by atoms with Crippen molar-refractivity contribution in [1.82, 2.24) is 10.3 Å². The van der Waals surface area contributed by atoms with Crippen molar-refractivity contribution in [3.63, 3.8) is 0 Å². The molecule has 1 fully saturated rings. The van der Waals surface area contributed by atoms with E-state index in [1.165, 1.54) is 30.2 Å². The summed E-state index contributed by atoms with van der Waals surface area (Å²) in [7, 11) is 0. The first-order valence-corrected chi connectivity index (χ1v) is 7.30. The summed E-state index contributed by atoms with van der Waals surface area (Å²) in [6.45, 7) is 5.67. The van der Waals surface area contributed by atoms with Crippen LogP contribution in [0.3, 0.4) is 0 Å². The van der Waals surface area contributed by atoms with E-state index in [0.29, 0.717) is 11.5 Å². The molecule has 0 saturated heterocycles. The summed E-state index contributed by atoms with van der Waals surface area (Å²) in [6, 6.07) is 11.6. The zero-order chi connectivity index (χ0) is 13.3. The predicted molar refractivity (Wildman–Crippen MR) is 80.4 cm³/mol. The maximum atomic E-state index is 4.40. The first kappa shape index (κ1) is 12.6. The summed E-state index contributed by atoms with van der Waals surface area (Å²) >= 11 is 0. The maximum absolute atomic E-state index is 4.40. The minimum Gasteiger partial charge on any atom is -0.314 e. The number of hydrogen-bond donors (Lipinski definition) is 1. The Balaban J connectivity index is 1.91. The molecule has 0 radical (unpaired) electrons. The molecule has 0 spiro atoms. The molecule has 1 N–H and O–H groups in total. The Labute approximate surface area is 115 Å². The van der Waals surface area contributed by atoms with Crippen molar-refractivity contribution >= 4 is 10.9 Å². The lowest BCUT2D eigenvalue weighted by atomic mass is 9.80. The molecule has 1 saturated carbocycles. The fourth-order valence-corrected chi connectivity index (χ4v) is 3.42. The van der Waals surface area contributed by atoms with Crippen molar-refractivity contribution in [2.45, 2.75) is 44.6 Å². The molecule has 2 unspecified atom stereocenters. The van der Waals surface area contributed by atoms with Gasteiger partial charge in [0.15, 0.2) is 0 Å². The Kier molecular flexibility index (Phi) is 3.28. The van der Waals surface area contributed by atoms with E-state index in [4.69, 9.17) is 0 Å². The number of hydrogen-bond acceptors (Lipinski definition) is 2. The SMILES string of the molecule is CCNC1CCC(C)(c2ccc3ncccc3c2)C1. The summed E-state index contributed by atoms with van der Waals surface area (Å²) in [5.74, 6) is 0. The first-order chi connectivity index (χ1) is 9.21. The largest absolute Gasteiger partial charge is 0.314 e. The average molecular weight is 254 g/mol. The smallest absolute Gasteiger partial charge is 0.0702 e. The number of fused-ring (bicyclic) bond motifs is 1. The monoisotopic (exact) mass is 254 g/mol. The second-order valence-electron chi connectivity index (χ2n) is 5.97. The van der Waals surface area contributed by atoms with Gasteiger partial charge in [0, 0.05) is 17.6 Å². The van der Waals surface area contributed by atoms with Gasteiger partial charge in [-0.25, -0.2) is 0 Å². The van der Waals surface area contributed by atoms with Crippen LogP contribution < -0.4 is 5.32 Å². The van der Waals surface area contributed by atoms with Crippen LogP contribution in [0.25, 0.3) is 10.9 Å². The molecule has 0 bridgehead atoms. The highest BCUT2D eigenvalue weighted by Crippen LogP contribution is 2.41. The van der Waals surface area contributed by atoms with E-state index >= 15 is 0 Å². The Morgan fingerprint density at radius 2 is 2.26 bits per heavy atom. The summed E-state index contributed by atoms with van der Waals surface area (Å²) in [6.07, 6.45) is 5.67. The molecule has 1 aliphatic rings. The van der Waals surface area contributed by atoms with Crippen molar-refractivity contribution < 1.29 is 0 Å². The number of nitrogens with zero attached hydrogens (tertiary/aromatic N) is 1. The fourth-order valence-electron chi connectivity index (χ4n) is 3.42.